The van der Waals surface area contributed by atoms with Crippen molar-refractivity contribution < 1.29 is 9.53 Å². The van der Waals surface area contributed by atoms with E-state index in [1.165, 1.54) is 11.8 Å². The van der Waals surface area contributed by atoms with E-state index in [9.17, 15) is 10.1 Å². The number of benzene rings is 1. The van der Waals surface area contributed by atoms with Crippen molar-refractivity contribution in [2.45, 2.75) is 51.4 Å². The standard InChI is InChI=1S/C25H27N5O2S/c1-16-12-22(19-8-5-4-6-9-19)28-25(27-16)33-15-23(31)29-24-21(13-26)17(2)18(3)30(24)14-20-10-7-11-32-20/h4-6,8-9,12,20H,7,10-11,14-15H2,1-3H3,(H,29,31)/t20-/m1/s1. The molecule has 3 aromatic rings. The molecule has 0 saturated carbocycles. The average molecular weight is 462 g/mol. The number of hydrogen-bond acceptors (Lipinski definition) is 6. The van der Waals surface area contributed by atoms with Crippen LogP contribution in [-0.4, -0.2) is 38.9 Å². The molecule has 0 radical (unpaired) electrons. The van der Waals surface area contributed by atoms with E-state index in [-0.39, 0.29) is 17.8 Å². The first kappa shape index (κ1) is 23.0. The number of nitriles is 1. The third-order valence-corrected chi connectivity index (χ3v) is 6.69. The minimum Gasteiger partial charge on any atom is -0.376 e. The first-order valence-electron chi connectivity index (χ1n) is 11.0. The summed E-state index contributed by atoms with van der Waals surface area (Å²) in [5.74, 6) is 0.490. The molecule has 1 aromatic carbocycles. The van der Waals surface area contributed by atoms with Crippen LogP contribution >= 0.6 is 11.8 Å². The maximum absolute atomic E-state index is 12.9. The van der Waals surface area contributed by atoms with E-state index in [0.717, 1.165) is 47.7 Å². The molecule has 170 valence electrons. The predicted octanol–water partition coefficient (Wildman–Crippen LogP) is 4.65. The van der Waals surface area contributed by atoms with Gasteiger partial charge in [0, 0.05) is 23.6 Å². The average Bonchev–Trinajstić information content (AvgIpc) is 3.41. The molecule has 1 atom stereocenters. The van der Waals surface area contributed by atoms with Crippen LogP contribution in [0.2, 0.25) is 0 Å². The SMILES string of the molecule is Cc1cc(-c2ccccc2)nc(SCC(=O)Nc2c(C#N)c(C)c(C)n2C[C@H]2CCCO2)n1. The lowest BCUT2D eigenvalue weighted by molar-refractivity contribution is -0.113. The van der Waals surface area contributed by atoms with Crippen LogP contribution in [0.5, 0.6) is 0 Å². The number of rotatable bonds is 7. The number of aryl methyl sites for hydroxylation is 1. The van der Waals surface area contributed by atoms with Crippen molar-refractivity contribution in [1.29, 1.82) is 5.26 Å². The molecule has 3 heterocycles. The van der Waals surface area contributed by atoms with E-state index in [1.54, 1.807) is 0 Å². The van der Waals surface area contributed by atoms with Gasteiger partial charge in [-0.2, -0.15) is 5.26 Å². The Balaban J connectivity index is 1.49. The first-order valence-corrected chi connectivity index (χ1v) is 12.0. The monoisotopic (exact) mass is 461 g/mol. The summed E-state index contributed by atoms with van der Waals surface area (Å²) in [6.07, 6.45) is 2.12. The van der Waals surface area contributed by atoms with E-state index in [2.05, 4.69) is 21.4 Å². The number of hydrogen-bond donors (Lipinski definition) is 1. The van der Waals surface area contributed by atoms with Crippen molar-refractivity contribution in [3.8, 4) is 17.3 Å². The first-order chi connectivity index (χ1) is 16.0. The molecule has 7 nitrogen and oxygen atoms in total. The fourth-order valence-electron chi connectivity index (χ4n) is 4.01. The van der Waals surface area contributed by atoms with Crippen LogP contribution in [0.15, 0.2) is 41.6 Å². The van der Waals surface area contributed by atoms with Crippen LogP contribution in [0.1, 0.15) is 35.4 Å². The van der Waals surface area contributed by atoms with Gasteiger partial charge in [-0.3, -0.25) is 4.79 Å². The van der Waals surface area contributed by atoms with Gasteiger partial charge in [0.2, 0.25) is 5.91 Å². The summed E-state index contributed by atoms with van der Waals surface area (Å²) >= 11 is 1.28. The molecular formula is C25H27N5O2S. The molecule has 0 aliphatic carbocycles. The van der Waals surface area contributed by atoms with Crippen molar-refractivity contribution in [2.24, 2.45) is 0 Å². The summed E-state index contributed by atoms with van der Waals surface area (Å²) < 4.78 is 7.78. The lowest BCUT2D eigenvalue weighted by atomic mass is 10.1. The maximum atomic E-state index is 12.9. The van der Waals surface area contributed by atoms with E-state index < -0.39 is 0 Å². The largest absolute Gasteiger partial charge is 0.376 e. The van der Waals surface area contributed by atoms with Crippen LogP contribution in [0, 0.1) is 32.1 Å². The Morgan fingerprint density at radius 2 is 2.06 bits per heavy atom. The van der Waals surface area contributed by atoms with Gasteiger partial charge in [0.15, 0.2) is 5.16 Å². The molecule has 1 saturated heterocycles. The molecule has 1 amide bonds. The van der Waals surface area contributed by atoms with E-state index in [0.29, 0.717) is 23.1 Å². The number of anilines is 1. The molecule has 0 bridgehead atoms. The summed E-state index contributed by atoms with van der Waals surface area (Å²) in [5, 5.41) is 13.2. The van der Waals surface area contributed by atoms with E-state index in [1.807, 2.05) is 61.7 Å². The Kier molecular flexibility index (Phi) is 7.11. The van der Waals surface area contributed by atoms with Crippen LogP contribution in [-0.2, 0) is 16.1 Å². The molecule has 0 spiro atoms. The fraction of sp³-hybridized carbons (Fsp3) is 0.360. The fourth-order valence-corrected chi connectivity index (χ4v) is 4.72. The topological polar surface area (TPSA) is 92.8 Å². The van der Waals surface area contributed by atoms with Crippen molar-refractivity contribution in [3.63, 3.8) is 0 Å². The molecule has 1 N–H and O–H groups in total. The Bertz CT molecular complexity index is 1190. The number of nitrogens with zero attached hydrogens (tertiary/aromatic N) is 4. The van der Waals surface area contributed by atoms with Crippen LogP contribution < -0.4 is 5.32 Å². The Hall–Kier alpha value is -3.15. The second kappa shape index (κ2) is 10.2. The molecule has 8 heteroatoms. The van der Waals surface area contributed by atoms with E-state index >= 15 is 0 Å². The van der Waals surface area contributed by atoms with Gasteiger partial charge in [0.25, 0.3) is 0 Å². The highest BCUT2D eigenvalue weighted by atomic mass is 32.2. The quantitative estimate of drug-likeness (QED) is 0.407. The highest BCUT2D eigenvalue weighted by Crippen LogP contribution is 2.29. The summed E-state index contributed by atoms with van der Waals surface area (Å²) in [7, 11) is 0. The third kappa shape index (κ3) is 5.27. The molecule has 4 rings (SSSR count). The van der Waals surface area contributed by atoms with Gasteiger partial charge < -0.3 is 14.6 Å². The smallest absolute Gasteiger partial charge is 0.235 e. The number of aromatic nitrogens is 3. The molecule has 2 aromatic heterocycles. The Morgan fingerprint density at radius 3 is 2.76 bits per heavy atom. The summed E-state index contributed by atoms with van der Waals surface area (Å²) in [4.78, 5) is 22.0. The van der Waals surface area contributed by atoms with Crippen LogP contribution in [0.25, 0.3) is 11.3 Å². The second-order valence-corrected chi connectivity index (χ2v) is 9.11. The van der Waals surface area contributed by atoms with Crippen molar-refractivity contribution >= 4 is 23.5 Å². The van der Waals surface area contributed by atoms with Crippen molar-refractivity contribution in [3.05, 3.63) is 58.9 Å². The minimum absolute atomic E-state index is 0.101. The zero-order valence-electron chi connectivity index (χ0n) is 19.1. The highest BCUT2D eigenvalue weighted by Gasteiger charge is 2.24. The summed E-state index contributed by atoms with van der Waals surface area (Å²) in [6.45, 7) is 7.19. The van der Waals surface area contributed by atoms with Gasteiger partial charge in [0.1, 0.15) is 11.9 Å². The number of nitrogens with one attached hydrogen (secondary N) is 1. The molecular weight excluding hydrogens is 434 g/mol. The number of carbonyl (C=O) groups excluding carboxylic acids is 1. The van der Waals surface area contributed by atoms with Gasteiger partial charge in [-0.25, -0.2) is 9.97 Å². The number of carbonyl (C=O) groups is 1. The van der Waals surface area contributed by atoms with Crippen LogP contribution in [0.3, 0.4) is 0 Å². The molecule has 1 fully saturated rings. The van der Waals surface area contributed by atoms with Gasteiger partial charge in [-0.15, -0.1) is 0 Å². The zero-order chi connectivity index (χ0) is 23.4. The van der Waals surface area contributed by atoms with Crippen molar-refractivity contribution in [2.75, 3.05) is 17.7 Å². The molecule has 0 unspecified atom stereocenters. The number of amides is 1. The molecule has 1 aliphatic rings. The normalized spacial score (nSPS) is 15.4. The van der Waals surface area contributed by atoms with Crippen LogP contribution in [0.4, 0.5) is 5.82 Å². The highest BCUT2D eigenvalue weighted by molar-refractivity contribution is 7.99. The zero-order valence-corrected chi connectivity index (χ0v) is 19.9. The van der Waals surface area contributed by atoms with Crippen molar-refractivity contribution in [1.82, 2.24) is 14.5 Å². The van der Waals surface area contributed by atoms with Gasteiger partial charge >= 0.3 is 0 Å². The maximum Gasteiger partial charge on any atom is 0.235 e. The van der Waals surface area contributed by atoms with Gasteiger partial charge in [0.05, 0.1) is 29.7 Å². The van der Waals surface area contributed by atoms with Gasteiger partial charge in [-0.05, 0) is 45.2 Å². The summed E-state index contributed by atoms with van der Waals surface area (Å²) in [6, 6.07) is 14.1. The lowest BCUT2D eigenvalue weighted by Crippen LogP contribution is -2.22. The third-order valence-electron chi connectivity index (χ3n) is 5.84. The predicted molar refractivity (Wildman–Crippen MR) is 129 cm³/mol. The minimum atomic E-state index is -0.200. The molecule has 1 aliphatic heterocycles. The molecule has 33 heavy (non-hydrogen) atoms. The number of ether oxygens (including phenoxy) is 1. The van der Waals surface area contributed by atoms with E-state index in [4.69, 9.17) is 4.74 Å². The lowest BCUT2D eigenvalue weighted by Gasteiger charge is -2.16. The second-order valence-electron chi connectivity index (χ2n) is 8.17. The van der Waals surface area contributed by atoms with Gasteiger partial charge in [-0.1, -0.05) is 42.1 Å². The number of thioether (sulfide) groups is 1. The Labute approximate surface area is 198 Å². The summed E-state index contributed by atoms with van der Waals surface area (Å²) in [5.41, 5.74) is 5.03. The Morgan fingerprint density at radius 1 is 1.27 bits per heavy atom.